The number of urea groups is 1. The first kappa shape index (κ1) is 31.3. The van der Waals surface area contributed by atoms with Crippen molar-refractivity contribution >= 4 is 17.6 Å². The summed E-state index contributed by atoms with van der Waals surface area (Å²) in [6, 6.07) is 14.5. The molecule has 43 heavy (non-hydrogen) atoms. The number of anilines is 1. The Morgan fingerprint density at radius 2 is 1.56 bits per heavy atom. The van der Waals surface area contributed by atoms with Crippen molar-refractivity contribution in [2.45, 2.75) is 70.6 Å². The standard InChI is InChI=1S/C34H51N7O2/c1-25-8-9-27(22-26(25)2)23-32(33(42)40-20-18-39(19-21-40)30-12-14-38(3)15-13-30)37-34(43)41-16-10-29(11-17-41)36-24-28-6-4-5-7-31(28)35/h4-9,22,29-30,32,36H,10-21,23-24,35H2,1-3H3,(H,37,43). The van der Waals surface area contributed by atoms with Gasteiger partial charge in [-0.15, -0.1) is 0 Å². The number of likely N-dealkylation sites (tertiary alicyclic amines) is 2. The number of nitrogens with two attached hydrogens (primary N) is 1. The molecule has 3 aliphatic heterocycles. The van der Waals surface area contributed by atoms with E-state index < -0.39 is 6.04 Å². The average molecular weight is 590 g/mol. The number of nitrogens with one attached hydrogen (secondary N) is 2. The quantitative estimate of drug-likeness (QED) is 0.410. The Balaban J connectivity index is 1.17. The zero-order valence-corrected chi connectivity index (χ0v) is 26.4. The van der Waals surface area contributed by atoms with Gasteiger partial charge in [-0.25, -0.2) is 4.79 Å². The summed E-state index contributed by atoms with van der Waals surface area (Å²) in [4.78, 5) is 36.3. The summed E-state index contributed by atoms with van der Waals surface area (Å²) >= 11 is 0. The highest BCUT2D eigenvalue weighted by Crippen LogP contribution is 2.20. The number of carbonyl (C=O) groups is 2. The van der Waals surface area contributed by atoms with Crippen LogP contribution < -0.4 is 16.4 Å². The van der Waals surface area contributed by atoms with E-state index in [0.29, 0.717) is 44.7 Å². The highest BCUT2D eigenvalue weighted by molar-refractivity contribution is 5.87. The summed E-state index contributed by atoms with van der Waals surface area (Å²) in [6.07, 6.45) is 4.63. The summed E-state index contributed by atoms with van der Waals surface area (Å²) in [6.45, 7) is 11.8. The van der Waals surface area contributed by atoms with E-state index in [1.165, 1.54) is 24.0 Å². The predicted octanol–water partition coefficient (Wildman–Crippen LogP) is 3.00. The first-order valence-corrected chi connectivity index (χ1v) is 16.2. The Morgan fingerprint density at radius 3 is 2.23 bits per heavy atom. The minimum Gasteiger partial charge on any atom is -0.398 e. The van der Waals surface area contributed by atoms with E-state index in [-0.39, 0.29) is 11.9 Å². The molecule has 1 atom stereocenters. The van der Waals surface area contributed by atoms with Gasteiger partial charge in [-0.3, -0.25) is 9.69 Å². The molecule has 3 fully saturated rings. The number of piperazine rings is 1. The van der Waals surface area contributed by atoms with Crippen molar-refractivity contribution < 1.29 is 9.59 Å². The van der Waals surface area contributed by atoms with E-state index in [1.807, 2.05) is 34.1 Å². The molecule has 0 spiro atoms. The third-order valence-corrected chi connectivity index (χ3v) is 9.86. The van der Waals surface area contributed by atoms with Crippen molar-refractivity contribution in [3.63, 3.8) is 0 Å². The van der Waals surface area contributed by atoms with Crippen molar-refractivity contribution in [1.82, 2.24) is 30.2 Å². The molecular formula is C34H51N7O2. The van der Waals surface area contributed by atoms with Crippen molar-refractivity contribution in [3.05, 3.63) is 64.7 Å². The van der Waals surface area contributed by atoms with Gasteiger partial charge in [0.25, 0.3) is 0 Å². The van der Waals surface area contributed by atoms with E-state index in [9.17, 15) is 9.59 Å². The number of aryl methyl sites for hydroxylation is 2. The molecule has 0 radical (unpaired) electrons. The third-order valence-electron chi connectivity index (χ3n) is 9.86. The van der Waals surface area contributed by atoms with Gasteiger partial charge in [0.15, 0.2) is 0 Å². The van der Waals surface area contributed by atoms with Crippen LogP contribution in [0.15, 0.2) is 42.5 Å². The van der Waals surface area contributed by atoms with Crippen LogP contribution in [0.2, 0.25) is 0 Å². The molecule has 3 aliphatic rings. The number of carbonyl (C=O) groups excluding carboxylic acids is 2. The Labute approximate surface area is 257 Å². The zero-order chi connectivity index (χ0) is 30.3. The van der Waals surface area contributed by atoms with Crippen LogP contribution in [0.5, 0.6) is 0 Å². The van der Waals surface area contributed by atoms with Crippen LogP contribution in [-0.2, 0) is 17.8 Å². The summed E-state index contributed by atoms with van der Waals surface area (Å²) in [5.41, 5.74) is 11.5. The van der Waals surface area contributed by atoms with Crippen molar-refractivity contribution in [2.24, 2.45) is 0 Å². The van der Waals surface area contributed by atoms with Crippen LogP contribution in [0.25, 0.3) is 0 Å². The maximum Gasteiger partial charge on any atom is 0.318 e. The van der Waals surface area contributed by atoms with E-state index in [1.54, 1.807) is 0 Å². The molecule has 5 rings (SSSR count). The van der Waals surface area contributed by atoms with Crippen molar-refractivity contribution in [3.8, 4) is 0 Å². The Bertz CT molecular complexity index is 1230. The summed E-state index contributed by atoms with van der Waals surface area (Å²) in [7, 11) is 2.19. The number of amides is 3. The lowest BCUT2D eigenvalue weighted by Gasteiger charge is -2.43. The molecule has 0 saturated carbocycles. The van der Waals surface area contributed by atoms with Gasteiger partial charge in [-0.05, 0) is 88.0 Å². The molecule has 9 heteroatoms. The summed E-state index contributed by atoms with van der Waals surface area (Å²) < 4.78 is 0. The van der Waals surface area contributed by atoms with Gasteiger partial charge in [0.1, 0.15) is 6.04 Å². The summed E-state index contributed by atoms with van der Waals surface area (Å²) in [5, 5.41) is 6.77. The molecule has 3 saturated heterocycles. The smallest absolute Gasteiger partial charge is 0.318 e. The second kappa shape index (κ2) is 14.6. The van der Waals surface area contributed by atoms with Crippen LogP contribution >= 0.6 is 0 Å². The molecule has 9 nitrogen and oxygen atoms in total. The monoisotopic (exact) mass is 589 g/mol. The first-order chi connectivity index (χ1) is 20.8. The average Bonchev–Trinajstić information content (AvgIpc) is 3.02. The number of piperidine rings is 2. The van der Waals surface area contributed by atoms with Crippen LogP contribution in [0.4, 0.5) is 10.5 Å². The molecule has 0 aliphatic carbocycles. The number of para-hydroxylation sites is 1. The molecule has 2 aromatic rings. The number of hydrogen-bond donors (Lipinski definition) is 3. The molecule has 3 amide bonds. The molecule has 1 unspecified atom stereocenters. The number of nitrogens with zero attached hydrogens (tertiary/aromatic N) is 4. The lowest BCUT2D eigenvalue weighted by molar-refractivity contribution is -0.135. The van der Waals surface area contributed by atoms with Crippen LogP contribution in [0.1, 0.15) is 47.9 Å². The van der Waals surface area contributed by atoms with Crippen LogP contribution in [0, 0.1) is 13.8 Å². The van der Waals surface area contributed by atoms with Gasteiger partial charge in [-0.1, -0.05) is 36.4 Å². The van der Waals surface area contributed by atoms with E-state index >= 15 is 0 Å². The molecular weight excluding hydrogens is 538 g/mol. The number of hydrogen-bond acceptors (Lipinski definition) is 6. The van der Waals surface area contributed by atoms with Crippen molar-refractivity contribution in [1.29, 1.82) is 0 Å². The molecule has 4 N–H and O–H groups in total. The second-order valence-electron chi connectivity index (χ2n) is 12.9. The van der Waals surface area contributed by atoms with Crippen LogP contribution in [0.3, 0.4) is 0 Å². The van der Waals surface area contributed by atoms with Gasteiger partial charge in [0.05, 0.1) is 0 Å². The predicted molar refractivity (Wildman–Crippen MR) is 173 cm³/mol. The van der Waals surface area contributed by atoms with Gasteiger partial charge >= 0.3 is 6.03 Å². The molecule has 3 heterocycles. The van der Waals surface area contributed by atoms with Gasteiger partial charge in [-0.2, -0.15) is 0 Å². The number of rotatable bonds is 8. The molecule has 0 aromatic heterocycles. The van der Waals surface area contributed by atoms with Gasteiger partial charge in [0.2, 0.25) is 5.91 Å². The molecule has 0 bridgehead atoms. The van der Waals surface area contributed by atoms with Gasteiger partial charge < -0.3 is 31.1 Å². The number of benzene rings is 2. The minimum absolute atomic E-state index is 0.0339. The Morgan fingerprint density at radius 1 is 0.860 bits per heavy atom. The fourth-order valence-electron chi connectivity index (χ4n) is 6.73. The van der Waals surface area contributed by atoms with Crippen LogP contribution in [-0.4, -0.2) is 109 Å². The minimum atomic E-state index is -0.582. The Kier molecular flexibility index (Phi) is 10.6. The molecule has 234 valence electrons. The zero-order valence-electron chi connectivity index (χ0n) is 26.4. The largest absolute Gasteiger partial charge is 0.398 e. The SMILES string of the molecule is Cc1ccc(CC(NC(=O)N2CCC(NCc3ccccc3N)CC2)C(=O)N2CCN(C3CCN(C)CC3)CC2)cc1C. The highest BCUT2D eigenvalue weighted by atomic mass is 16.2. The fourth-order valence-corrected chi connectivity index (χ4v) is 6.73. The van der Waals surface area contributed by atoms with E-state index in [4.69, 9.17) is 5.73 Å². The van der Waals surface area contributed by atoms with E-state index in [0.717, 1.165) is 62.4 Å². The van der Waals surface area contributed by atoms with Gasteiger partial charge in [0, 0.05) is 70.0 Å². The highest BCUT2D eigenvalue weighted by Gasteiger charge is 2.33. The lowest BCUT2D eigenvalue weighted by Crippen LogP contribution is -2.59. The molecule has 2 aromatic carbocycles. The third kappa shape index (κ3) is 8.28. The maximum atomic E-state index is 13.9. The second-order valence-corrected chi connectivity index (χ2v) is 12.9. The summed E-state index contributed by atoms with van der Waals surface area (Å²) in [5.74, 6) is 0.0339. The lowest BCUT2D eigenvalue weighted by atomic mass is 9.99. The first-order valence-electron chi connectivity index (χ1n) is 16.2. The van der Waals surface area contributed by atoms with Crippen molar-refractivity contribution in [2.75, 3.05) is 65.1 Å². The fraction of sp³-hybridized carbons (Fsp3) is 0.588. The normalized spacial score (nSPS) is 20.3. The van der Waals surface area contributed by atoms with E-state index in [2.05, 4.69) is 59.5 Å². The maximum absolute atomic E-state index is 13.9. The number of nitrogen functional groups attached to an aromatic ring is 1. The Hall–Kier alpha value is -3.14. The topological polar surface area (TPSA) is 97.2 Å².